The van der Waals surface area contributed by atoms with Crippen molar-refractivity contribution < 1.29 is 4.79 Å². The van der Waals surface area contributed by atoms with Gasteiger partial charge in [0.15, 0.2) is 0 Å². The van der Waals surface area contributed by atoms with Gasteiger partial charge in [-0.2, -0.15) is 0 Å². The van der Waals surface area contributed by atoms with Crippen molar-refractivity contribution in [1.82, 2.24) is 15.2 Å². The van der Waals surface area contributed by atoms with E-state index in [1.807, 2.05) is 17.2 Å². The Kier molecular flexibility index (Phi) is 4.54. The van der Waals surface area contributed by atoms with Gasteiger partial charge >= 0.3 is 0 Å². The number of piperidine rings is 1. The molecular weight excluding hydrogens is 262 g/mol. The number of pyridine rings is 1. The van der Waals surface area contributed by atoms with Gasteiger partial charge in [0, 0.05) is 37.8 Å². The van der Waals surface area contributed by atoms with Crippen LogP contribution in [0.25, 0.3) is 0 Å². The summed E-state index contributed by atoms with van der Waals surface area (Å²) in [7, 11) is 0. The third-order valence-corrected chi connectivity index (χ3v) is 4.95. The van der Waals surface area contributed by atoms with Crippen molar-refractivity contribution in [3.8, 4) is 0 Å². The Hall–Kier alpha value is -1.42. The van der Waals surface area contributed by atoms with Gasteiger partial charge in [-0.15, -0.1) is 0 Å². The molecule has 2 atom stereocenters. The first-order valence-corrected chi connectivity index (χ1v) is 8.15. The second kappa shape index (κ2) is 6.56. The van der Waals surface area contributed by atoms with Crippen molar-refractivity contribution in [2.24, 2.45) is 11.8 Å². The summed E-state index contributed by atoms with van der Waals surface area (Å²) in [6.45, 7) is 5.99. The van der Waals surface area contributed by atoms with Crippen molar-refractivity contribution >= 4 is 5.91 Å². The smallest absolute Gasteiger partial charge is 0.223 e. The molecule has 2 unspecified atom stereocenters. The molecular formula is C17H25N3O. The van der Waals surface area contributed by atoms with Crippen molar-refractivity contribution in [3.05, 3.63) is 29.6 Å². The largest absolute Gasteiger partial charge is 0.338 e. The van der Waals surface area contributed by atoms with E-state index in [-0.39, 0.29) is 0 Å². The van der Waals surface area contributed by atoms with Crippen LogP contribution in [0.5, 0.6) is 0 Å². The van der Waals surface area contributed by atoms with Crippen molar-refractivity contribution in [3.63, 3.8) is 0 Å². The van der Waals surface area contributed by atoms with E-state index in [9.17, 15) is 4.79 Å². The van der Waals surface area contributed by atoms with E-state index in [0.717, 1.165) is 38.3 Å². The van der Waals surface area contributed by atoms with Crippen molar-refractivity contribution in [2.75, 3.05) is 19.6 Å². The van der Waals surface area contributed by atoms with Gasteiger partial charge < -0.3 is 10.2 Å². The molecule has 114 valence electrons. The molecule has 3 rings (SSSR count). The number of fused-ring (bicyclic) bond motifs is 1. The molecule has 2 aliphatic heterocycles. The predicted molar refractivity (Wildman–Crippen MR) is 82.7 cm³/mol. The SMILES string of the molecule is CC(CC(=O)N1CCc2ncccc2C1)C1CCCNC1. The molecule has 4 nitrogen and oxygen atoms in total. The van der Waals surface area contributed by atoms with E-state index in [1.54, 1.807) is 0 Å². The van der Waals surface area contributed by atoms with E-state index >= 15 is 0 Å². The van der Waals surface area contributed by atoms with Gasteiger partial charge in [0.05, 0.1) is 0 Å². The molecule has 0 spiro atoms. The fraction of sp³-hybridized carbons (Fsp3) is 0.647. The Morgan fingerprint density at radius 1 is 1.57 bits per heavy atom. The molecule has 1 aromatic rings. The molecule has 4 heteroatoms. The van der Waals surface area contributed by atoms with Gasteiger partial charge in [0.1, 0.15) is 0 Å². The summed E-state index contributed by atoms with van der Waals surface area (Å²) in [5, 5.41) is 3.45. The number of aromatic nitrogens is 1. The second-order valence-electron chi connectivity index (χ2n) is 6.46. The van der Waals surface area contributed by atoms with Gasteiger partial charge in [-0.1, -0.05) is 13.0 Å². The standard InChI is InChI=1S/C17H25N3O/c1-13(14-4-2-7-18-11-14)10-17(21)20-9-6-16-15(12-20)5-3-8-19-16/h3,5,8,13-14,18H,2,4,6-7,9-12H2,1H3. The number of nitrogens with zero attached hydrogens (tertiary/aromatic N) is 2. The number of amides is 1. The molecule has 1 aromatic heterocycles. The molecule has 1 amide bonds. The summed E-state index contributed by atoms with van der Waals surface area (Å²) in [5.74, 6) is 1.43. The van der Waals surface area contributed by atoms with Crippen LogP contribution in [0, 0.1) is 11.8 Å². The molecule has 0 saturated carbocycles. The highest BCUT2D eigenvalue weighted by atomic mass is 16.2. The van der Waals surface area contributed by atoms with Crippen LogP contribution < -0.4 is 5.32 Å². The van der Waals surface area contributed by atoms with Crippen molar-refractivity contribution in [1.29, 1.82) is 0 Å². The Morgan fingerprint density at radius 3 is 3.29 bits per heavy atom. The normalized spacial score (nSPS) is 23.5. The fourth-order valence-corrected chi connectivity index (χ4v) is 3.51. The van der Waals surface area contributed by atoms with Crippen LogP contribution in [0.1, 0.15) is 37.4 Å². The minimum absolute atomic E-state index is 0.308. The van der Waals surface area contributed by atoms with Crippen LogP contribution in [-0.2, 0) is 17.8 Å². The van der Waals surface area contributed by atoms with Crippen LogP contribution >= 0.6 is 0 Å². The highest BCUT2D eigenvalue weighted by molar-refractivity contribution is 5.76. The number of nitrogens with one attached hydrogen (secondary N) is 1. The van der Waals surface area contributed by atoms with Gasteiger partial charge in [-0.3, -0.25) is 9.78 Å². The predicted octanol–water partition coefficient (Wildman–Crippen LogP) is 1.99. The molecule has 1 N–H and O–H groups in total. The molecule has 21 heavy (non-hydrogen) atoms. The van der Waals surface area contributed by atoms with E-state index < -0.39 is 0 Å². The Labute approximate surface area is 126 Å². The minimum Gasteiger partial charge on any atom is -0.338 e. The van der Waals surface area contributed by atoms with Gasteiger partial charge in [0.2, 0.25) is 5.91 Å². The third kappa shape index (κ3) is 3.43. The molecule has 0 radical (unpaired) electrons. The second-order valence-corrected chi connectivity index (χ2v) is 6.46. The number of hydrogen-bond donors (Lipinski definition) is 1. The number of carbonyl (C=O) groups is 1. The minimum atomic E-state index is 0.308. The van der Waals surface area contributed by atoms with Crippen LogP contribution in [0.4, 0.5) is 0 Å². The van der Waals surface area contributed by atoms with Crippen molar-refractivity contribution in [2.45, 2.75) is 39.2 Å². The van der Waals surface area contributed by atoms with Crippen LogP contribution in [0.15, 0.2) is 18.3 Å². The number of carbonyl (C=O) groups excluding carboxylic acids is 1. The van der Waals surface area contributed by atoms with E-state index in [4.69, 9.17) is 0 Å². The lowest BCUT2D eigenvalue weighted by Gasteiger charge is -2.32. The zero-order valence-corrected chi connectivity index (χ0v) is 12.8. The topological polar surface area (TPSA) is 45.2 Å². The van der Waals surface area contributed by atoms with Gasteiger partial charge in [-0.05, 0) is 49.4 Å². The fourth-order valence-electron chi connectivity index (χ4n) is 3.51. The Balaban J connectivity index is 1.56. The molecule has 1 saturated heterocycles. The number of hydrogen-bond acceptors (Lipinski definition) is 3. The number of rotatable bonds is 3. The maximum atomic E-state index is 12.5. The lowest BCUT2D eigenvalue weighted by Crippen LogP contribution is -2.39. The van der Waals surface area contributed by atoms with Crippen LogP contribution in [-0.4, -0.2) is 35.4 Å². The molecule has 0 aromatic carbocycles. The first-order valence-electron chi connectivity index (χ1n) is 8.15. The summed E-state index contributed by atoms with van der Waals surface area (Å²) in [6.07, 6.45) is 5.91. The molecule has 0 aliphatic carbocycles. The maximum absolute atomic E-state index is 12.5. The monoisotopic (exact) mass is 287 g/mol. The molecule has 3 heterocycles. The molecule has 1 fully saturated rings. The van der Waals surface area contributed by atoms with Crippen LogP contribution in [0.2, 0.25) is 0 Å². The summed E-state index contributed by atoms with van der Waals surface area (Å²) in [4.78, 5) is 19.0. The summed E-state index contributed by atoms with van der Waals surface area (Å²) < 4.78 is 0. The van der Waals surface area contributed by atoms with E-state index in [0.29, 0.717) is 24.2 Å². The quantitative estimate of drug-likeness (QED) is 0.925. The zero-order valence-electron chi connectivity index (χ0n) is 12.8. The zero-order chi connectivity index (χ0) is 14.7. The maximum Gasteiger partial charge on any atom is 0.223 e. The third-order valence-electron chi connectivity index (χ3n) is 4.95. The summed E-state index contributed by atoms with van der Waals surface area (Å²) in [5.41, 5.74) is 2.37. The molecule has 2 aliphatic rings. The lowest BCUT2D eigenvalue weighted by atomic mass is 9.85. The first kappa shape index (κ1) is 14.5. The highest BCUT2D eigenvalue weighted by Gasteiger charge is 2.26. The van der Waals surface area contributed by atoms with E-state index in [2.05, 4.69) is 23.3 Å². The molecule has 0 bridgehead atoms. The average Bonchev–Trinajstić information content (AvgIpc) is 2.55. The summed E-state index contributed by atoms with van der Waals surface area (Å²) in [6, 6.07) is 4.05. The highest BCUT2D eigenvalue weighted by Crippen LogP contribution is 2.24. The Bertz CT molecular complexity index is 497. The summed E-state index contributed by atoms with van der Waals surface area (Å²) >= 11 is 0. The first-order chi connectivity index (χ1) is 10.2. The van der Waals surface area contributed by atoms with Gasteiger partial charge in [-0.25, -0.2) is 0 Å². The van der Waals surface area contributed by atoms with Crippen LogP contribution in [0.3, 0.4) is 0 Å². The van der Waals surface area contributed by atoms with E-state index in [1.165, 1.54) is 18.4 Å². The van der Waals surface area contributed by atoms with Gasteiger partial charge in [0.25, 0.3) is 0 Å². The lowest BCUT2D eigenvalue weighted by molar-refractivity contribution is -0.133. The Morgan fingerprint density at radius 2 is 2.48 bits per heavy atom. The average molecular weight is 287 g/mol.